The number of ether oxygens (including phenoxy) is 1. The highest BCUT2D eigenvalue weighted by molar-refractivity contribution is 5.85. The van der Waals surface area contributed by atoms with Crippen molar-refractivity contribution in [1.29, 1.82) is 10.5 Å². The lowest BCUT2D eigenvalue weighted by atomic mass is 9.99. The molecule has 0 heterocycles. The topological polar surface area (TPSA) is 99.9 Å². The summed E-state index contributed by atoms with van der Waals surface area (Å²) >= 11 is 0. The molecule has 0 saturated heterocycles. The van der Waals surface area contributed by atoms with Gasteiger partial charge in [0.25, 0.3) is 5.69 Å². The van der Waals surface area contributed by atoms with Crippen molar-refractivity contribution in [2.45, 2.75) is 0 Å². The molecule has 6 heteroatoms. The van der Waals surface area contributed by atoms with Gasteiger partial charge in [-0.2, -0.15) is 10.5 Å². The van der Waals surface area contributed by atoms with Crippen LogP contribution in [-0.4, -0.2) is 12.0 Å². The third-order valence-electron chi connectivity index (χ3n) is 3.44. The van der Waals surface area contributed by atoms with Gasteiger partial charge in [0.05, 0.1) is 12.0 Å². The van der Waals surface area contributed by atoms with E-state index in [1.54, 1.807) is 55.7 Å². The molecule has 2 aromatic rings. The Morgan fingerprint density at radius 1 is 1.08 bits per heavy atom. The average Bonchev–Trinajstić information content (AvgIpc) is 2.65. The molecule has 0 fully saturated rings. The zero-order valence-corrected chi connectivity index (χ0v) is 13.3. The molecule has 2 rings (SSSR count). The van der Waals surface area contributed by atoms with Gasteiger partial charge in [0, 0.05) is 17.7 Å². The van der Waals surface area contributed by atoms with E-state index in [1.165, 1.54) is 12.1 Å². The molecule has 0 spiro atoms. The van der Waals surface area contributed by atoms with E-state index in [0.29, 0.717) is 22.4 Å². The van der Waals surface area contributed by atoms with Gasteiger partial charge < -0.3 is 4.74 Å². The fourth-order valence-electron chi connectivity index (χ4n) is 2.13. The van der Waals surface area contributed by atoms with Crippen molar-refractivity contribution in [2.24, 2.45) is 0 Å². The second-order valence-corrected chi connectivity index (χ2v) is 4.92. The normalized spacial score (nSPS) is 9.88. The Bertz CT molecular complexity index is 896. The average molecular weight is 331 g/mol. The van der Waals surface area contributed by atoms with Crippen LogP contribution in [0.2, 0.25) is 0 Å². The number of nitriles is 2. The minimum absolute atomic E-state index is 0.00203. The fraction of sp³-hybridized carbons (Fsp3) is 0.0526. The SMILES string of the molecule is COc1ccc(C(/C=C/c2ccc([N+](=O)[O-])cc2)=C(C#N)C#N)cc1. The molecule has 6 nitrogen and oxygen atoms in total. The number of nitro groups is 1. The quantitative estimate of drug-likeness (QED) is 0.355. The molecule has 0 atom stereocenters. The Hall–Kier alpha value is -3.90. The third kappa shape index (κ3) is 4.31. The molecule has 0 radical (unpaired) electrons. The van der Waals surface area contributed by atoms with Gasteiger partial charge in [-0.15, -0.1) is 0 Å². The summed E-state index contributed by atoms with van der Waals surface area (Å²) in [5.74, 6) is 0.665. The summed E-state index contributed by atoms with van der Waals surface area (Å²) in [6, 6.07) is 16.7. The van der Waals surface area contributed by atoms with Crippen molar-refractivity contribution >= 4 is 17.3 Å². The second-order valence-electron chi connectivity index (χ2n) is 4.92. The summed E-state index contributed by atoms with van der Waals surface area (Å²) in [7, 11) is 1.55. The Morgan fingerprint density at radius 2 is 1.68 bits per heavy atom. The smallest absolute Gasteiger partial charge is 0.269 e. The van der Waals surface area contributed by atoms with Gasteiger partial charge in [-0.25, -0.2) is 0 Å². The van der Waals surface area contributed by atoms with Gasteiger partial charge in [-0.1, -0.05) is 24.3 Å². The number of benzene rings is 2. The molecule has 0 amide bonds. The van der Waals surface area contributed by atoms with E-state index in [2.05, 4.69) is 0 Å². The van der Waals surface area contributed by atoms with Crippen LogP contribution in [-0.2, 0) is 0 Å². The van der Waals surface area contributed by atoms with Gasteiger partial charge >= 0.3 is 0 Å². The van der Waals surface area contributed by atoms with E-state index in [9.17, 15) is 20.6 Å². The number of hydrogen-bond acceptors (Lipinski definition) is 5. The first-order chi connectivity index (χ1) is 12.1. The Labute approximate surface area is 144 Å². The highest BCUT2D eigenvalue weighted by atomic mass is 16.6. The van der Waals surface area contributed by atoms with Gasteiger partial charge in [0.15, 0.2) is 0 Å². The van der Waals surface area contributed by atoms with Crippen molar-refractivity contribution in [3.8, 4) is 17.9 Å². The van der Waals surface area contributed by atoms with Crippen molar-refractivity contribution in [3.63, 3.8) is 0 Å². The Morgan fingerprint density at radius 3 is 2.16 bits per heavy atom. The number of methoxy groups -OCH3 is 1. The molecule has 0 unspecified atom stereocenters. The number of allylic oxidation sites excluding steroid dienone is 3. The molecule has 0 bridgehead atoms. The van der Waals surface area contributed by atoms with E-state index >= 15 is 0 Å². The lowest BCUT2D eigenvalue weighted by Crippen LogP contribution is -1.89. The van der Waals surface area contributed by atoms with E-state index in [4.69, 9.17) is 4.74 Å². The second kappa shape index (κ2) is 8.09. The van der Waals surface area contributed by atoms with Gasteiger partial charge in [-0.3, -0.25) is 10.1 Å². The van der Waals surface area contributed by atoms with E-state index in [0.717, 1.165) is 0 Å². The van der Waals surface area contributed by atoms with E-state index in [-0.39, 0.29) is 11.3 Å². The van der Waals surface area contributed by atoms with Crippen molar-refractivity contribution < 1.29 is 9.66 Å². The lowest BCUT2D eigenvalue weighted by molar-refractivity contribution is -0.384. The van der Waals surface area contributed by atoms with E-state index < -0.39 is 4.92 Å². The highest BCUT2D eigenvalue weighted by Gasteiger charge is 2.07. The van der Waals surface area contributed by atoms with Crippen LogP contribution in [0.4, 0.5) is 5.69 Å². The van der Waals surface area contributed by atoms with Crippen LogP contribution in [0.1, 0.15) is 11.1 Å². The molecule has 122 valence electrons. The standard InChI is InChI=1S/C19H13N3O3/c1-25-18-9-5-15(6-10-18)19(16(12-20)13-21)11-4-14-2-7-17(8-3-14)22(23)24/h2-11H,1H3/b11-4+. The van der Waals surface area contributed by atoms with Crippen molar-refractivity contribution in [2.75, 3.05) is 7.11 Å². The largest absolute Gasteiger partial charge is 0.497 e. The van der Waals surface area contributed by atoms with Gasteiger partial charge in [-0.05, 0) is 35.4 Å². The van der Waals surface area contributed by atoms with E-state index in [1.807, 2.05) is 12.1 Å². The summed E-state index contributed by atoms with van der Waals surface area (Å²) in [4.78, 5) is 10.2. The number of non-ortho nitro benzene ring substituents is 1. The zero-order valence-electron chi connectivity index (χ0n) is 13.3. The molecule has 0 aromatic heterocycles. The summed E-state index contributed by atoms with van der Waals surface area (Å²) in [6.07, 6.45) is 3.34. The molecule has 25 heavy (non-hydrogen) atoms. The molecule has 0 saturated carbocycles. The predicted octanol–water partition coefficient (Wildman–Crippen LogP) is 4.12. The number of nitro benzene ring substituents is 1. The van der Waals surface area contributed by atoms with Crippen LogP contribution >= 0.6 is 0 Å². The van der Waals surface area contributed by atoms with Crippen LogP contribution < -0.4 is 4.74 Å². The Balaban J connectivity index is 2.40. The maximum Gasteiger partial charge on any atom is 0.269 e. The van der Waals surface area contributed by atoms with Gasteiger partial charge in [0.1, 0.15) is 23.5 Å². The maximum absolute atomic E-state index is 10.7. The molecule has 0 aliphatic heterocycles. The summed E-state index contributed by atoms with van der Waals surface area (Å²) in [5, 5.41) is 29.1. The number of nitrogens with zero attached hydrogens (tertiary/aromatic N) is 3. The molecular weight excluding hydrogens is 318 g/mol. The minimum atomic E-state index is -0.473. The fourth-order valence-corrected chi connectivity index (χ4v) is 2.13. The molecular formula is C19H13N3O3. The predicted molar refractivity (Wildman–Crippen MR) is 93.3 cm³/mol. The van der Waals surface area contributed by atoms with Crippen LogP contribution in [0, 0.1) is 32.8 Å². The first-order valence-corrected chi connectivity index (χ1v) is 7.20. The van der Waals surface area contributed by atoms with Crippen molar-refractivity contribution in [1.82, 2.24) is 0 Å². The van der Waals surface area contributed by atoms with Gasteiger partial charge in [0.2, 0.25) is 0 Å². The Kier molecular flexibility index (Phi) is 5.65. The highest BCUT2D eigenvalue weighted by Crippen LogP contribution is 2.24. The first-order valence-electron chi connectivity index (χ1n) is 7.20. The number of hydrogen-bond donors (Lipinski definition) is 0. The monoisotopic (exact) mass is 331 g/mol. The molecule has 0 aliphatic carbocycles. The molecule has 2 aromatic carbocycles. The summed E-state index contributed by atoms with van der Waals surface area (Å²) in [6.45, 7) is 0. The van der Waals surface area contributed by atoms with Crippen LogP contribution in [0.5, 0.6) is 5.75 Å². The zero-order chi connectivity index (χ0) is 18.2. The van der Waals surface area contributed by atoms with Crippen LogP contribution in [0.3, 0.4) is 0 Å². The third-order valence-corrected chi connectivity index (χ3v) is 3.44. The summed E-state index contributed by atoms with van der Waals surface area (Å²) in [5.41, 5.74) is 1.84. The lowest BCUT2D eigenvalue weighted by Gasteiger charge is -2.05. The van der Waals surface area contributed by atoms with Crippen LogP contribution in [0.15, 0.2) is 60.2 Å². The molecule has 0 aliphatic rings. The first kappa shape index (κ1) is 17.5. The maximum atomic E-state index is 10.7. The molecule has 0 N–H and O–H groups in total. The van der Waals surface area contributed by atoms with Crippen molar-refractivity contribution in [3.05, 3.63) is 81.4 Å². The van der Waals surface area contributed by atoms with Crippen LogP contribution in [0.25, 0.3) is 11.6 Å². The minimum Gasteiger partial charge on any atom is -0.497 e. The number of rotatable bonds is 5. The summed E-state index contributed by atoms with van der Waals surface area (Å²) < 4.78 is 5.10.